The molecule has 2 saturated carbocycles. The number of aliphatic hydroxyl groups excluding tert-OH is 3. The van der Waals surface area contributed by atoms with Gasteiger partial charge in [-0.3, -0.25) is 14.9 Å². The zero-order valence-corrected chi connectivity index (χ0v) is 40.2. The highest BCUT2D eigenvalue weighted by atomic mass is 16.7. The second-order valence-electron chi connectivity index (χ2n) is 18.8. The van der Waals surface area contributed by atoms with Gasteiger partial charge in [0.25, 0.3) is 5.69 Å². The van der Waals surface area contributed by atoms with E-state index >= 15 is 4.79 Å². The molecule has 7 rings (SSSR count). The molecular formula is C54H70N4O12. The fourth-order valence-corrected chi connectivity index (χ4v) is 11.1. The van der Waals surface area contributed by atoms with Crippen molar-refractivity contribution < 1.29 is 53.6 Å². The quantitative estimate of drug-likeness (QED) is 0.0245. The van der Waals surface area contributed by atoms with Crippen molar-refractivity contribution in [2.75, 3.05) is 46.2 Å². The lowest BCUT2D eigenvalue weighted by molar-refractivity contribution is -0.384. The molecule has 0 saturated heterocycles. The fraction of sp³-hybridized carbons (Fsp3) is 0.537. The molecular weight excluding hydrogens is 897 g/mol. The number of nitrogens with one attached hydrogen (secondary N) is 1. The van der Waals surface area contributed by atoms with Crippen molar-refractivity contribution in [2.24, 2.45) is 28.8 Å². The second kappa shape index (κ2) is 26.0. The van der Waals surface area contributed by atoms with Gasteiger partial charge in [0.05, 0.1) is 43.0 Å². The molecule has 3 aromatic carbocycles. The lowest BCUT2D eigenvalue weighted by Crippen LogP contribution is -2.70. The number of amides is 2. The highest BCUT2D eigenvalue weighted by molar-refractivity contribution is 6.03. The Labute approximate surface area is 410 Å². The third kappa shape index (κ3) is 13.0. The van der Waals surface area contributed by atoms with E-state index in [9.17, 15) is 30.2 Å². The number of carbonyl (C=O) groups is 2. The van der Waals surface area contributed by atoms with Gasteiger partial charge in [-0.15, -0.1) is 6.58 Å². The molecule has 4 aliphatic rings. The standard InChI is InChI=1S/C54H70N4O12/c1-2-30-67-54-49(57(26-31-66-32-29-61)50(62)25-20-38-12-6-7-13-38)35-47(56-68-37-40-18-21-42(22-19-40)58(64)65)45-33-41(16-8-10-27-59)44(17-9-11-28-60)51(52(45)54)46-34-43(23-24-48(46)70-54)69-53(63)55-36-39-14-4-3-5-15-39/h2-5,14-15,18-19,21-24,33-34,38,41,44,49,51-52,59-61H,1,6-13,16-17,20,25-32,35-37H2,(H,55,63). The van der Waals surface area contributed by atoms with Crippen LogP contribution in [-0.2, 0) is 32.3 Å². The van der Waals surface area contributed by atoms with Crippen molar-refractivity contribution in [3.8, 4) is 11.5 Å². The third-order valence-electron chi connectivity index (χ3n) is 14.3. The summed E-state index contributed by atoms with van der Waals surface area (Å²) in [4.78, 5) is 47.4. The molecule has 2 amide bonds. The number of fused-ring (bicyclic) bond motifs is 2. The Morgan fingerprint density at radius 3 is 2.40 bits per heavy atom. The topological polar surface area (TPSA) is 212 Å². The average Bonchev–Trinajstić information content (AvgIpc) is 3.90. The average molecular weight is 967 g/mol. The van der Waals surface area contributed by atoms with Crippen LogP contribution in [0.1, 0.15) is 106 Å². The molecule has 4 N–H and O–H groups in total. The van der Waals surface area contributed by atoms with Crippen LogP contribution in [0.2, 0.25) is 0 Å². The summed E-state index contributed by atoms with van der Waals surface area (Å²) in [6.45, 7) is 4.71. The molecule has 0 aromatic heterocycles. The minimum Gasteiger partial charge on any atom is -0.459 e. The van der Waals surface area contributed by atoms with Crippen LogP contribution >= 0.6 is 0 Å². The fourth-order valence-electron chi connectivity index (χ4n) is 11.1. The van der Waals surface area contributed by atoms with E-state index in [0.717, 1.165) is 68.1 Å². The first kappa shape index (κ1) is 52.2. The predicted molar refractivity (Wildman–Crippen MR) is 263 cm³/mol. The Bertz CT molecular complexity index is 2250. The molecule has 3 aliphatic carbocycles. The van der Waals surface area contributed by atoms with Crippen LogP contribution in [0.5, 0.6) is 11.5 Å². The summed E-state index contributed by atoms with van der Waals surface area (Å²) in [5.41, 5.74) is 3.76. The molecule has 70 heavy (non-hydrogen) atoms. The van der Waals surface area contributed by atoms with Crippen LogP contribution in [0.25, 0.3) is 0 Å². The molecule has 2 fully saturated rings. The Hall–Kier alpha value is -5.65. The maximum Gasteiger partial charge on any atom is 0.412 e. The van der Waals surface area contributed by atoms with Crippen LogP contribution in [-0.4, -0.2) is 101 Å². The Morgan fingerprint density at radius 1 is 0.929 bits per heavy atom. The number of allylic oxidation sites excluding steroid dienone is 1. The van der Waals surface area contributed by atoms with E-state index in [-0.39, 0.29) is 95.1 Å². The van der Waals surface area contributed by atoms with Crippen LogP contribution < -0.4 is 14.8 Å². The number of ether oxygens (including phenoxy) is 4. The van der Waals surface area contributed by atoms with Gasteiger partial charge in [-0.05, 0) is 96.9 Å². The number of benzene rings is 3. The minimum atomic E-state index is -1.52. The number of oxime groups is 1. The van der Waals surface area contributed by atoms with Gasteiger partial charge >= 0.3 is 6.09 Å². The van der Waals surface area contributed by atoms with Gasteiger partial charge in [-0.2, -0.15) is 0 Å². The smallest absolute Gasteiger partial charge is 0.412 e. The van der Waals surface area contributed by atoms with Crippen molar-refractivity contribution in [3.05, 3.63) is 124 Å². The maximum atomic E-state index is 15.0. The van der Waals surface area contributed by atoms with Gasteiger partial charge < -0.3 is 49.3 Å². The van der Waals surface area contributed by atoms with Gasteiger partial charge in [0.1, 0.15) is 24.1 Å². The van der Waals surface area contributed by atoms with E-state index in [4.69, 9.17) is 28.9 Å². The number of nitro benzene ring substituents is 1. The van der Waals surface area contributed by atoms with Crippen LogP contribution in [0.4, 0.5) is 10.5 Å². The van der Waals surface area contributed by atoms with Crippen molar-refractivity contribution in [1.82, 2.24) is 10.2 Å². The largest absolute Gasteiger partial charge is 0.459 e. The SMILES string of the molecule is C=CCOC12Oc3ccc(OC(=O)NCc4ccccc4)cc3C3C(CCCCO)C(CCCCO)C=C(C(=NOCc4ccc([N+](=O)[O-])cc4)CC1N(CCOCCO)C(=O)CCC1CCCC1)C32. The number of unbranched alkanes of at least 4 members (excludes halogenated alkanes) is 2. The van der Waals surface area contributed by atoms with Gasteiger partial charge in [0.15, 0.2) is 0 Å². The highest BCUT2D eigenvalue weighted by Crippen LogP contribution is 2.62. The number of hydrogen-bond donors (Lipinski definition) is 4. The summed E-state index contributed by atoms with van der Waals surface area (Å²) in [7, 11) is 0. The number of hydrogen-bond acceptors (Lipinski definition) is 13. The summed E-state index contributed by atoms with van der Waals surface area (Å²) < 4.78 is 26.3. The molecule has 1 aliphatic heterocycles. The van der Waals surface area contributed by atoms with Gasteiger partial charge in [-0.25, -0.2) is 4.79 Å². The zero-order chi connectivity index (χ0) is 49.3. The molecule has 1 heterocycles. The molecule has 378 valence electrons. The lowest BCUT2D eigenvalue weighted by atomic mass is 9.55. The number of aliphatic hydroxyl groups is 3. The molecule has 6 atom stereocenters. The normalized spacial score (nSPS) is 23.1. The van der Waals surface area contributed by atoms with Gasteiger partial charge in [0.2, 0.25) is 11.7 Å². The van der Waals surface area contributed by atoms with E-state index in [0.29, 0.717) is 54.4 Å². The van der Waals surface area contributed by atoms with Crippen LogP contribution in [0.3, 0.4) is 0 Å². The van der Waals surface area contributed by atoms with Crippen molar-refractivity contribution >= 4 is 23.4 Å². The predicted octanol–water partition coefficient (Wildman–Crippen LogP) is 8.53. The first-order valence-corrected chi connectivity index (χ1v) is 25.1. The first-order valence-electron chi connectivity index (χ1n) is 25.1. The zero-order valence-electron chi connectivity index (χ0n) is 40.2. The lowest BCUT2D eigenvalue weighted by Gasteiger charge is -2.60. The van der Waals surface area contributed by atoms with E-state index in [1.165, 1.54) is 12.1 Å². The van der Waals surface area contributed by atoms with Crippen molar-refractivity contribution in [1.29, 1.82) is 0 Å². The number of rotatable bonds is 27. The highest BCUT2D eigenvalue weighted by Gasteiger charge is 2.65. The molecule has 0 spiro atoms. The summed E-state index contributed by atoms with van der Waals surface area (Å²) in [5.74, 6) is -1.43. The van der Waals surface area contributed by atoms with E-state index in [1.54, 1.807) is 30.3 Å². The monoisotopic (exact) mass is 966 g/mol. The Kier molecular flexibility index (Phi) is 19.4. The molecule has 3 aromatic rings. The van der Waals surface area contributed by atoms with E-state index in [2.05, 4.69) is 18.0 Å². The molecule has 6 unspecified atom stereocenters. The van der Waals surface area contributed by atoms with E-state index in [1.807, 2.05) is 41.3 Å². The number of non-ortho nitro benzene ring substituents is 1. The Morgan fingerprint density at radius 2 is 1.69 bits per heavy atom. The summed E-state index contributed by atoms with van der Waals surface area (Å²) in [6.07, 6.45) is 13.1. The summed E-state index contributed by atoms with van der Waals surface area (Å²) in [5, 5.41) is 48.9. The summed E-state index contributed by atoms with van der Waals surface area (Å²) >= 11 is 0. The molecule has 0 bridgehead atoms. The van der Waals surface area contributed by atoms with Crippen LogP contribution in [0.15, 0.2) is 102 Å². The molecule has 16 nitrogen and oxygen atoms in total. The molecule has 16 heteroatoms. The van der Waals surface area contributed by atoms with Crippen molar-refractivity contribution in [2.45, 2.75) is 114 Å². The Balaban J connectivity index is 1.37. The maximum absolute atomic E-state index is 15.0. The van der Waals surface area contributed by atoms with Gasteiger partial charge in [-0.1, -0.05) is 86.2 Å². The number of carbonyl (C=O) groups excluding carboxylic acids is 2. The first-order chi connectivity index (χ1) is 34.2. The number of nitro groups is 1. The third-order valence-corrected chi connectivity index (χ3v) is 14.3. The van der Waals surface area contributed by atoms with E-state index < -0.39 is 28.8 Å². The minimum absolute atomic E-state index is 0.0146. The number of nitrogens with zero attached hydrogens (tertiary/aromatic N) is 3. The molecule has 0 radical (unpaired) electrons. The van der Waals surface area contributed by atoms with Crippen LogP contribution in [0, 0.1) is 33.8 Å². The van der Waals surface area contributed by atoms with Crippen molar-refractivity contribution in [3.63, 3.8) is 0 Å². The second-order valence-corrected chi connectivity index (χ2v) is 18.8. The summed E-state index contributed by atoms with van der Waals surface area (Å²) in [6, 6.07) is 20.2. The van der Waals surface area contributed by atoms with Gasteiger partial charge in [0, 0.05) is 62.8 Å².